The molecule has 0 aliphatic carbocycles. The molecular weight excluding hydrogens is 472 g/mol. The standard InChI is InChI=1S/C21H29F2N5O5S/c1-9-14-13(10(2)26-18(29)17(22)23)20(31)28(14)15(21(32)33)16(9)34-11-7-12(25-8-11)19(30)27-5-3-24-4-6-27/h9-14,17,24-25H,3-8H2,1-2H3,(H,26,29)(H,32,33)/t9-,10?,11+,12+,13-,14-/m1/s1. The van der Waals surface area contributed by atoms with Crippen LogP contribution in [0, 0.1) is 11.8 Å². The molecule has 34 heavy (non-hydrogen) atoms. The number of nitrogens with zero attached hydrogens (tertiary/aromatic N) is 2. The average Bonchev–Trinajstić information content (AvgIpc) is 3.35. The van der Waals surface area contributed by atoms with E-state index in [9.17, 15) is 33.1 Å². The highest BCUT2D eigenvalue weighted by Crippen LogP contribution is 2.51. The van der Waals surface area contributed by atoms with Gasteiger partial charge in [-0.2, -0.15) is 8.78 Å². The third-order valence-electron chi connectivity index (χ3n) is 7.01. The summed E-state index contributed by atoms with van der Waals surface area (Å²) in [5.74, 6) is -4.26. The lowest BCUT2D eigenvalue weighted by Crippen LogP contribution is -2.66. The number of halogens is 2. The van der Waals surface area contributed by atoms with Gasteiger partial charge in [0.15, 0.2) is 0 Å². The van der Waals surface area contributed by atoms with E-state index >= 15 is 0 Å². The number of alkyl halides is 2. The number of rotatable bonds is 7. The van der Waals surface area contributed by atoms with Crippen molar-refractivity contribution in [3.63, 3.8) is 0 Å². The summed E-state index contributed by atoms with van der Waals surface area (Å²) in [4.78, 5) is 52.7. The number of nitrogens with one attached hydrogen (secondary N) is 3. The van der Waals surface area contributed by atoms with Gasteiger partial charge in [-0.1, -0.05) is 6.92 Å². The number of hydrogen-bond donors (Lipinski definition) is 4. The first kappa shape index (κ1) is 24.9. The zero-order valence-electron chi connectivity index (χ0n) is 18.9. The zero-order valence-corrected chi connectivity index (χ0v) is 19.7. The van der Waals surface area contributed by atoms with E-state index < -0.39 is 42.2 Å². The van der Waals surface area contributed by atoms with Crippen LogP contribution in [0.3, 0.4) is 0 Å². The van der Waals surface area contributed by atoms with E-state index in [1.54, 1.807) is 0 Å². The van der Waals surface area contributed by atoms with Gasteiger partial charge in [0.25, 0.3) is 5.91 Å². The number of amides is 3. The largest absolute Gasteiger partial charge is 0.477 e. The summed E-state index contributed by atoms with van der Waals surface area (Å²) in [5, 5.41) is 18.4. The van der Waals surface area contributed by atoms with Crippen molar-refractivity contribution >= 4 is 35.5 Å². The highest BCUT2D eigenvalue weighted by Gasteiger charge is 2.60. The molecular formula is C21H29F2N5O5S. The van der Waals surface area contributed by atoms with Crippen LogP contribution in [0.25, 0.3) is 0 Å². The first-order valence-corrected chi connectivity index (χ1v) is 12.3. The number of piperazine rings is 1. The van der Waals surface area contributed by atoms with E-state index in [2.05, 4.69) is 16.0 Å². The summed E-state index contributed by atoms with van der Waals surface area (Å²) < 4.78 is 25.3. The Kier molecular flexibility index (Phi) is 7.15. The molecule has 3 amide bonds. The van der Waals surface area contributed by atoms with Crippen molar-refractivity contribution in [1.82, 2.24) is 25.8 Å². The van der Waals surface area contributed by atoms with Crippen molar-refractivity contribution in [3.05, 3.63) is 10.6 Å². The second-order valence-corrected chi connectivity index (χ2v) is 10.5. The summed E-state index contributed by atoms with van der Waals surface area (Å²) in [6.45, 7) is 6.63. The van der Waals surface area contributed by atoms with E-state index in [1.807, 2.05) is 11.8 Å². The SMILES string of the molecule is CC(NC(=O)C(F)F)[C@H]1C(=O)N2C(C(=O)O)=C(S[C@@H]3CN[C@H](C(=O)N4CCNCC4)C3)[C@H](C)[C@H]12. The molecule has 4 aliphatic rings. The van der Waals surface area contributed by atoms with Gasteiger partial charge in [-0.15, -0.1) is 11.8 Å². The van der Waals surface area contributed by atoms with Crippen LogP contribution in [0.15, 0.2) is 10.6 Å². The minimum Gasteiger partial charge on any atom is -0.477 e. The molecule has 1 unspecified atom stereocenters. The van der Waals surface area contributed by atoms with Crippen molar-refractivity contribution in [2.45, 2.75) is 50.1 Å². The number of β-lactam (4-membered cyclic amide) rings is 1. The molecule has 4 N–H and O–H groups in total. The maximum absolute atomic E-state index is 12.8. The van der Waals surface area contributed by atoms with Crippen LogP contribution in [0.4, 0.5) is 8.78 Å². The molecule has 4 heterocycles. The highest BCUT2D eigenvalue weighted by molar-refractivity contribution is 8.03. The molecule has 0 aromatic carbocycles. The molecule has 0 bridgehead atoms. The van der Waals surface area contributed by atoms with Gasteiger partial charge in [0.1, 0.15) is 5.70 Å². The van der Waals surface area contributed by atoms with Crippen LogP contribution in [-0.2, 0) is 19.2 Å². The Bertz CT molecular complexity index is 912. The first-order chi connectivity index (χ1) is 16.1. The molecule has 0 aromatic rings. The molecule has 4 aliphatic heterocycles. The topological polar surface area (TPSA) is 131 Å². The number of thioether (sulfide) groups is 1. The minimum atomic E-state index is -3.19. The van der Waals surface area contributed by atoms with Crippen LogP contribution < -0.4 is 16.0 Å². The van der Waals surface area contributed by atoms with Crippen molar-refractivity contribution in [3.8, 4) is 0 Å². The fourth-order valence-electron chi connectivity index (χ4n) is 5.34. The maximum Gasteiger partial charge on any atom is 0.353 e. The molecule has 0 aromatic heterocycles. The Hall–Kier alpha value is -2.25. The minimum absolute atomic E-state index is 0.0409. The van der Waals surface area contributed by atoms with E-state index in [0.717, 1.165) is 13.1 Å². The monoisotopic (exact) mass is 501 g/mol. The van der Waals surface area contributed by atoms with E-state index in [-0.39, 0.29) is 28.8 Å². The fourth-order valence-corrected chi connectivity index (χ4v) is 6.82. The van der Waals surface area contributed by atoms with Crippen LogP contribution in [0.2, 0.25) is 0 Å². The Morgan fingerprint density at radius 2 is 1.91 bits per heavy atom. The lowest BCUT2D eigenvalue weighted by atomic mass is 9.78. The second kappa shape index (κ2) is 9.78. The van der Waals surface area contributed by atoms with Gasteiger partial charge >= 0.3 is 12.4 Å². The molecule has 3 saturated heterocycles. The lowest BCUT2D eigenvalue weighted by molar-refractivity contribution is -0.159. The van der Waals surface area contributed by atoms with Gasteiger partial charge in [-0.3, -0.25) is 14.4 Å². The summed E-state index contributed by atoms with van der Waals surface area (Å²) in [6, 6.07) is -1.72. The van der Waals surface area contributed by atoms with Crippen molar-refractivity contribution in [2.24, 2.45) is 11.8 Å². The third-order valence-corrected chi connectivity index (χ3v) is 8.52. The molecule has 0 radical (unpaired) electrons. The predicted octanol–water partition coefficient (Wildman–Crippen LogP) is -0.575. The third kappa shape index (κ3) is 4.40. The quantitative estimate of drug-likeness (QED) is 0.341. The van der Waals surface area contributed by atoms with Crippen LogP contribution in [-0.4, -0.2) is 101 Å². The van der Waals surface area contributed by atoms with Crippen molar-refractivity contribution < 1.29 is 33.1 Å². The lowest BCUT2D eigenvalue weighted by Gasteiger charge is -2.47. The van der Waals surface area contributed by atoms with Gasteiger partial charge in [0.05, 0.1) is 18.0 Å². The Balaban J connectivity index is 1.44. The summed E-state index contributed by atoms with van der Waals surface area (Å²) in [5.41, 5.74) is -0.0898. The van der Waals surface area contributed by atoms with Crippen molar-refractivity contribution in [2.75, 3.05) is 32.7 Å². The Morgan fingerprint density at radius 1 is 1.24 bits per heavy atom. The molecule has 0 saturated carbocycles. The summed E-state index contributed by atoms with van der Waals surface area (Å²) >= 11 is 1.36. The number of fused-ring (bicyclic) bond motifs is 1. The normalized spacial score (nSPS) is 32.0. The Morgan fingerprint density at radius 3 is 2.53 bits per heavy atom. The highest BCUT2D eigenvalue weighted by atomic mass is 32.2. The van der Waals surface area contributed by atoms with Crippen LogP contribution in [0.5, 0.6) is 0 Å². The van der Waals surface area contributed by atoms with Gasteiger partial charge in [-0.05, 0) is 13.3 Å². The Labute approximate surface area is 199 Å². The molecule has 0 spiro atoms. The van der Waals surface area contributed by atoms with Gasteiger partial charge in [-0.25, -0.2) is 4.79 Å². The molecule has 3 fully saturated rings. The van der Waals surface area contributed by atoms with Gasteiger partial charge < -0.3 is 30.9 Å². The van der Waals surface area contributed by atoms with Crippen LogP contribution >= 0.6 is 11.8 Å². The molecule has 10 nitrogen and oxygen atoms in total. The maximum atomic E-state index is 12.8. The molecule has 188 valence electrons. The predicted molar refractivity (Wildman–Crippen MR) is 119 cm³/mol. The molecule has 13 heteroatoms. The van der Waals surface area contributed by atoms with Crippen molar-refractivity contribution in [1.29, 1.82) is 0 Å². The fraction of sp³-hybridized carbons (Fsp3) is 0.714. The zero-order chi connectivity index (χ0) is 24.7. The number of aliphatic carboxylic acids is 1. The number of carboxylic acid groups (broad SMARTS) is 1. The van der Waals surface area contributed by atoms with E-state index in [1.165, 1.54) is 23.6 Å². The van der Waals surface area contributed by atoms with Crippen LogP contribution in [0.1, 0.15) is 20.3 Å². The number of carboxylic acids is 1. The molecule has 6 atom stereocenters. The molecule has 4 rings (SSSR count). The number of carbonyl (C=O) groups excluding carboxylic acids is 3. The van der Waals surface area contributed by atoms with Gasteiger partial charge in [0, 0.05) is 54.8 Å². The van der Waals surface area contributed by atoms with E-state index in [4.69, 9.17) is 0 Å². The average molecular weight is 502 g/mol. The smallest absolute Gasteiger partial charge is 0.353 e. The number of hydrogen-bond acceptors (Lipinski definition) is 7. The van der Waals surface area contributed by atoms with E-state index in [0.29, 0.717) is 31.0 Å². The summed E-state index contributed by atoms with van der Waals surface area (Å²) in [7, 11) is 0. The van der Waals surface area contributed by atoms with Gasteiger partial charge in [0.2, 0.25) is 11.8 Å². The summed E-state index contributed by atoms with van der Waals surface area (Å²) in [6.07, 6.45) is -2.65. The second-order valence-electron chi connectivity index (χ2n) is 9.14. The number of carbonyl (C=O) groups is 4. The first-order valence-electron chi connectivity index (χ1n) is 11.4.